The molecule has 0 radical (unpaired) electrons. The first kappa shape index (κ1) is 19.8. The van der Waals surface area contributed by atoms with Gasteiger partial charge in [-0.25, -0.2) is 15.0 Å². The van der Waals surface area contributed by atoms with E-state index in [1.165, 1.54) is 0 Å². The van der Waals surface area contributed by atoms with E-state index >= 15 is 0 Å². The summed E-state index contributed by atoms with van der Waals surface area (Å²) in [6.07, 6.45) is 9.40. The van der Waals surface area contributed by atoms with Gasteiger partial charge in [0.25, 0.3) is 5.91 Å². The summed E-state index contributed by atoms with van der Waals surface area (Å²) >= 11 is 0. The summed E-state index contributed by atoms with van der Waals surface area (Å²) in [7, 11) is 0. The average molecular weight is 356 g/mol. The van der Waals surface area contributed by atoms with Gasteiger partial charge in [-0.1, -0.05) is 27.7 Å². The Morgan fingerprint density at radius 3 is 2.27 bits per heavy atom. The number of hydrogen-bond donors (Lipinski definition) is 1. The number of nitrogens with zero attached hydrogens (tertiary/aromatic N) is 3. The molecule has 26 heavy (non-hydrogen) atoms. The Kier molecular flexibility index (Phi) is 7.51. The number of amides is 1. The molecule has 1 N–H and O–H groups in total. The van der Waals surface area contributed by atoms with Gasteiger partial charge in [0.05, 0.1) is 5.56 Å². The minimum Gasteiger partial charge on any atom is -0.473 e. The molecule has 2 fully saturated rings. The molecule has 4 rings (SSSR count). The molecule has 0 atom stereocenters. The van der Waals surface area contributed by atoms with E-state index in [9.17, 15) is 4.79 Å². The minimum absolute atomic E-state index is 0.228. The normalized spacial score (nSPS) is 14.9. The number of nitrogens with one attached hydrogen (secondary N) is 1. The largest absolute Gasteiger partial charge is 0.473 e. The third-order valence-corrected chi connectivity index (χ3v) is 3.70. The van der Waals surface area contributed by atoms with Crippen LogP contribution in [-0.2, 0) is 0 Å². The van der Waals surface area contributed by atoms with Crippen molar-refractivity contribution in [2.24, 2.45) is 0 Å². The summed E-state index contributed by atoms with van der Waals surface area (Å²) in [5.41, 5.74) is 1.01. The van der Waals surface area contributed by atoms with Crippen LogP contribution in [0.2, 0.25) is 0 Å². The van der Waals surface area contributed by atoms with Gasteiger partial charge in [0.1, 0.15) is 17.6 Å². The Morgan fingerprint density at radius 1 is 1.04 bits per heavy atom. The second-order valence-corrected chi connectivity index (χ2v) is 5.73. The molecule has 0 bridgehead atoms. The molecular formula is C20H28N4O2. The van der Waals surface area contributed by atoms with E-state index < -0.39 is 0 Å². The topological polar surface area (TPSA) is 77.0 Å². The van der Waals surface area contributed by atoms with E-state index in [-0.39, 0.29) is 12.0 Å². The summed E-state index contributed by atoms with van der Waals surface area (Å²) in [6, 6.07) is 3.55. The van der Waals surface area contributed by atoms with Gasteiger partial charge in [0.15, 0.2) is 0 Å². The maximum atomic E-state index is 12.3. The van der Waals surface area contributed by atoms with E-state index in [0.29, 0.717) is 23.0 Å². The SMILES string of the molecule is CC.CC.O=C(Nc1cccnc1OC1CC1)c1cnc(C2CC2)nc1. The molecule has 2 heterocycles. The van der Waals surface area contributed by atoms with Crippen molar-refractivity contribution in [1.29, 1.82) is 0 Å². The first-order valence-electron chi connectivity index (χ1n) is 9.54. The quantitative estimate of drug-likeness (QED) is 0.847. The molecule has 2 aliphatic carbocycles. The third kappa shape index (κ3) is 5.51. The lowest BCUT2D eigenvalue weighted by molar-refractivity contribution is 0.102. The van der Waals surface area contributed by atoms with Crippen molar-refractivity contribution in [3.05, 3.63) is 42.1 Å². The lowest BCUT2D eigenvalue weighted by atomic mass is 10.3. The van der Waals surface area contributed by atoms with Crippen LogP contribution >= 0.6 is 0 Å². The smallest absolute Gasteiger partial charge is 0.258 e. The molecule has 2 aliphatic rings. The highest BCUT2D eigenvalue weighted by atomic mass is 16.5. The number of carbonyl (C=O) groups is 1. The molecule has 0 unspecified atom stereocenters. The second-order valence-electron chi connectivity index (χ2n) is 5.73. The molecule has 140 valence electrons. The third-order valence-electron chi connectivity index (χ3n) is 3.70. The van der Waals surface area contributed by atoms with Crippen molar-refractivity contribution in [3.63, 3.8) is 0 Å². The predicted octanol–water partition coefficient (Wildman–Crippen LogP) is 4.59. The Hall–Kier alpha value is -2.50. The van der Waals surface area contributed by atoms with Crippen LogP contribution in [0.1, 0.15) is 75.5 Å². The molecular weight excluding hydrogens is 328 g/mol. The molecule has 6 nitrogen and oxygen atoms in total. The van der Waals surface area contributed by atoms with E-state index in [1.807, 2.05) is 27.7 Å². The first-order valence-corrected chi connectivity index (χ1v) is 9.54. The van der Waals surface area contributed by atoms with Crippen LogP contribution in [0.5, 0.6) is 5.88 Å². The Bertz CT molecular complexity index is 695. The Morgan fingerprint density at radius 2 is 1.69 bits per heavy atom. The minimum atomic E-state index is -0.254. The summed E-state index contributed by atoms with van der Waals surface area (Å²) in [4.78, 5) is 25.0. The van der Waals surface area contributed by atoms with Crippen LogP contribution in [0.4, 0.5) is 5.69 Å². The Balaban J connectivity index is 0.000000570. The molecule has 2 aromatic heterocycles. The zero-order chi connectivity index (χ0) is 18.9. The first-order chi connectivity index (χ1) is 12.8. The molecule has 0 spiro atoms. The number of pyridine rings is 1. The monoisotopic (exact) mass is 356 g/mol. The van der Waals surface area contributed by atoms with Gasteiger partial charge in [-0.15, -0.1) is 0 Å². The van der Waals surface area contributed by atoms with Crippen LogP contribution in [0.3, 0.4) is 0 Å². The lowest BCUT2D eigenvalue weighted by Crippen LogP contribution is -2.14. The summed E-state index contributed by atoms with van der Waals surface area (Å²) in [5, 5.41) is 2.82. The highest BCUT2D eigenvalue weighted by Crippen LogP contribution is 2.37. The van der Waals surface area contributed by atoms with Crippen LogP contribution in [0.15, 0.2) is 30.7 Å². The van der Waals surface area contributed by atoms with E-state index in [4.69, 9.17) is 4.74 Å². The molecule has 0 saturated heterocycles. The number of carbonyl (C=O) groups excluding carboxylic acids is 1. The van der Waals surface area contributed by atoms with Gasteiger partial charge in [0, 0.05) is 24.5 Å². The number of hydrogen-bond acceptors (Lipinski definition) is 5. The number of aromatic nitrogens is 3. The molecule has 1 amide bonds. The van der Waals surface area contributed by atoms with Crippen molar-refractivity contribution < 1.29 is 9.53 Å². The summed E-state index contributed by atoms with van der Waals surface area (Å²) in [5.74, 6) is 1.52. The van der Waals surface area contributed by atoms with Gasteiger partial charge in [-0.05, 0) is 37.8 Å². The summed E-state index contributed by atoms with van der Waals surface area (Å²) < 4.78 is 5.69. The van der Waals surface area contributed by atoms with Gasteiger partial charge in [-0.2, -0.15) is 0 Å². The van der Waals surface area contributed by atoms with Crippen LogP contribution in [0, 0.1) is 0 Å². The average Bonchev–Trinajstić information content (AvgIpc) is 3.61. The second kappa shape index (κ2) is 9.85. The van der Waals surface area contributed by atoms with Crippen molar-refractivity contribution in [3.8, 4) is 5.88 Å². The highest BCUT2D eigenvalue weighted by Gasteiger charge is 2.27. The molecule has 0 aromatic carbocycles. The van der Waals surface area contributed by atoms with Gasteiger partial charge in [-0.3, -0.25) is 4.79 Å². The molecule has 0 aliphatic heterocycles. The van der Waals surface area contributed by atoms with Crippen LogP contribution in [-0.4, -0.2) is 27.0 Å². The fraction of sp³-hybridized carbons (Fsp3) is 0.500. The fourth-order valence-electron chi connectivity index (χ4n) is 2.13. The zero-order valence-electron chi connectivity index (χ0n) is 16.0. The maximum Gasteiger partial charge on any atom is 0.258 e. The van der Waals surface area contributed by atoms with Crippen molar-refractivity contribution in [2.45, 2.75) is 65.4 Å². The Labute approximate surface area is 155 Å². The van der Waals surface area contributed by atoms with Gasteiger partial charge >= 0.3 is 0 Å². The molecule has 2 aromatic rings. The zero-order valence-corrected chi connectivity index (χ0v) is 16.0. The number of ether oxygens (including phenoxy) is 1. The van der Waals surface area contributed by atoms with E-state index in [1.54, 1.807) is 30.7 Å². The maximum absolute atomic E-state index is 12.3. The predicted molar refractivity (Wildman–Crippen MR) is 103 cm³/mol. The van der Waals surface area contributed by atoms with Gasteiger partial charge < -0.3 is 10.1 Å². The standard InChI is InChI=1S/C16H16N4O2.2C2H6/c21-15(11-8-18-14(19-9-11)10-3-4-10)20-13-2-1-7-17-16(13)22-12-5-6-12;2*1-2/h1-2,7-10,12H,3-6H2,(H,20,21);2*1-2H3. The van der Waals surface area contributed by atoms with Crippen LogP contribution < -0.4 is 10.1 Å². The van der Waals surface area contributed by atoms with E-state index in [2.05, 4.69) is 20.3 Å². The summed E-state index contributed by atoms with van der Waals surface area (Å²) in [6.45, 7) is 8.00. The highest BCUT2D eigenvalue weighted by molar-refractivity contribution is 6.04. The molecule has 6 heteroatoms. The van der Waals surface area contributed by atoms with E-state index in [0.717, 1.165) is 31.5 Å². The van der Waals surface area contributed by atoms with Crippen molar-refractivity contribution in [1.82, 2.24) is 15.0 Å². The molecule has 2 saturated carbocycles. The van der Waals surface area contributed by atoms with Crippen molar-refractivity contribution >= 4 is 11.6 Å². The van der Waals surface area contributed by atoms with Crippen LogP contribution in [0.25, 0.3) is 0 Å². The van der Waals surface area contributed by atoms with Crippen molar-refractivity contribution in [2.75, 3.05) is 5.32 Å². The fourth-order valence-corrected chi connectivity index (χ4v) is 2.13. The number of anilines is 1. The lowest BCUT2D eigenvalue weighted by Gasteiger charge is -2.10. The van der Waals surface area contributed by atoms with Gasteiger partial charge in [0.2, 0.25) is 5.88 Å². The number of rotatable bonds is 5.